The summed E-state index contributed by atoms with van der Waals surface area (Å²) in [5, 5.41) is 3.48. The zero-order valence-electron chi connectivity index (χ0n) is 11.5. The Morgan fingerprint density at radius 2 is 2.05 bits per heavy atom. The minimum atomic E-state index is 0.409. The van der Waals surface area contributed by atoms with E-state index in [-0.39, 0.29) is 0 Å². The molecule has 2 nitrogen and oxygen atoms in total. The summed E-state index contributed by atoms with van der Waals surface area (Å²) >= 11 is 8.64. The maximum absolute atomic E-state index is 5.82. The van der Waals surface area contributed by atoms with E-state index in [1.54, 1.807) is 0 Å². The summed E-state index contributed by atoms with van der Waals surface area (Å²) in [7, 11) is 0. The average Bonchev–Trinajstić information content (AvgIpc) is 2.42. The zero-order valence-corrected chi connectivity index (χ0v) is 13.9. The summed E-state index contributed by atoms with van der Waals surface area (Å²) < 4.78 is 1.08. The molecule has 0 saturated carbocycles. The molecule has 0 aliphatic carbocycles. The molecule has 2 aromatic carbocycles. The molecule has 0 aliphatic rings. The normalized spacial score (nSPS) is 10.3. The number of anilines is 2. The lowest BCUT2D eigenvalue weighted by Gasteiger charge is -2.16. The number of thiocarbonyl (C=S) groups is 1. The Kier molecular flexibility index (Phi) is 4.78. The summed E-state index contributed by atoms with van der Waals surface area (Å²) in [6.45, 7) is 4.19. The monoisotopic (exact) mass is 348 g/mol. The summed E-state index contributed by atoms with van der Waals surface area (Å²) in [4.78, 5) is 0.409. The van der Waals surface area contributed by atoms with E-state index in [1.807, 2.05) is 18.2 Å². The molecular weight excluding hydrogens is 332 g/mol. The lowest BCUT2D eigenvalue weighted by molar-refractivity contribution is 1.14. The summed E-state index contributed by atoms with van der Waals surface area (Å²) in [6, 6.07) is 12.2. The Morgan fingerprint density at radius 1 is 1.30 bits per heavy atom. The Morgan fingerprint density at radius 3 is 2.70 bits per heavy atom. The van der Waals surface area contributed by atoms with Crippen LogP contribution in [0.15, 0.2) is 40.9 Å². The molecule has 104 valence electrons. The molecule has 2 rings (SSSR count). The maximum Gasteiger partial charge on any atom is 0.106 e. The van der Waals surface area contributed by atoms with Crippen molar-refractivity contribution in [1.82, 2.24) is 0 Å². The largest absolute Gasteiger partial charge is 0.389 e. The van der Waals surface area contributed by atoms with E-state index < -0.39 is 0 Å². The van der Waals surface area contributed by atoms with Crippen LogP contribution in [0.1, 0.15) is 23.6 Å². The van der Waals surface area contributed by atoms with E-state index in [0.717, 1.165) is 33.4 Å². The van der Waals surface area contributed by atoms with Crippen LogP contribution in [0.5, 0.6) is 0 Å². The topological polar surface area (TPSA) is 38.0 Å². The van der Waals surface area contributed by atoms with Crippen LogP contribution in [0.25, 0.3) is 0 Å². The van der Waals surface area contributed by atoms with Gasteiger partial charge in [-0.1, -0.05) is 47.2 Å². The third-order valence-electron chi connectivity index (χ3n) is 3.25. The summed E-state index contributed by atoms with van der Waals surface area (Å²) in [5.74, 6) is 0. The van der Waals surface area contributed by atoms with Gasteiger partial charge in [-0.15, -0.1) is 0 Å². The molecule has 0 heterocycles. The number of hydrogen-bond acceptors (Lipinski definition) is 2. The molecule has 0 aromatic heterocycles. The molecule has 0 radical (unpaired) electrons. The Labute approximate surface area is 133 Å². The van der Waals surface area contributed by atoms with E-state index in [9.17, 15) is 0 Å². The number of benzene rings is 2. The van der Waals surface area contributed by atoms with Crippen LogP contribution in [0.3, 0.4) is 0 Å². The molecule has 0 unspecified atom stereocenters. The van der Waals surface area contributed by atoms with E-state index in [1.165, 1.54) is 5.56 Å². The molecule has 0 atom stereocenters. The highest BCUT2D eigenvalue weighted by Gasteiger charge is 2.10. The molecule has 0 fully saturated rings. The SMILES string of the molecule is CCc1cc(Br)ccc1Nc1c(C)cccc1C(N)=S. The van der Waals surface area contributed by atoms with Crippen molar-refractivity contribution >= 4 is 44.5 Å². The van der Waals surface area contributed by atoms with Gasteiger partial charge in [0.15, 0.2) is 0 Å². The standard InChI is InChI=1S/C16H17BrN2S/c1-3-11-9-12(17)7-8-14(11)19-15-10(2)5-4-6-13(15)16(18)20/h4-9,19H,3H2,1-2H3,(H2,18,20). The number of hydrogen-bond donors (Lipinski definition) is 2. The van der Waals surface area contributed by atoms with Gasteiger partial charge in [0.25, 0.3) is 0 Å². The van der Waals surface area contributed by atoms with Crippen LogP contribution in [-0.4, -0.2) is 4.99 Å². The van der Waals surface area contributed by atoms with Crippen LogP contribution in [0, 0.1) is 6.92 Å². The first-order chi connectivity index (χ1) is 9.52. The van der Waals surface area contributed by atoms with Crippen LogP contribution >= 0.6 is 28.1 Å². The van der Waals surface area contributed by atoms with Gasteiger partial charge in [-0.05, 0) is 48.7 Å². The van der Waals surface area contributed by atoms with Crippen LogP contribution in [0.4, 0.5) is 11.4 Å². The van der Waals surface area contributed by atoms with E-state index in [2.05, 4.69) is 53.3 Å². The van der Waals surface area contributed by atoms with Crippen molar-refractivity contribution in [3.63, 3.8) is 0 Å². The van der Waals surface area contributed by atoms with Gasteiger partial charge in [0.05, 0.1) is 5.69 Å². The molecule has 0 saturated heterocycles. The van der Waals surface area contributed by atoms with Gasteiger partial charge in [-0.25, -0.2) is 0 Å². The molecule has 3 N–H and O–H groups in total. The first kappa shape index (κ1) is 15.0. The number of rotatable bonds is 4. The van der Waals surface area contributed by atoms with E-state index in [0.29, 0.717) is 4.99 Å². The first-order valence-corrected chi connectivity index (χ1v) is 7.68. The van der Waals surface area contributed by atoms with Gasteiger partial charge in [-0.3, -0.25) is 0 Å². The number of aryl methyl sites for hydroxylation is 2. The van der Waals surface area contributed by atoms with Crippen molar-refractivity contribution in [3.8, 4) is 0 Å². The maximum atomic E-state index is 5.82. The Hall–Kier alpha value is -1.39. The smallest absolute Gasteiger partial charge is 0.106 e. The van der Waals surface area contributed by atoms with Crippen LogP contribution in [-0.2, 0) is 6.42 Å². The highest BCUT2D eigenvalue weighted by Crippen LogP contribution is 2.29. The molecule has 4 heteroatoms. The van der Waals surface area contributed by atoms with Crippen molar-refractivity contribution in [2.75, 3.05) is 5.32 Å². The zero-order chi connectivity index (χ0) is 14.7. The summed E-state index contributed by atoms with van der Waals surface area (Å²) in [6.07, 6.45) is 0.954. The van der Waals surface area contributed by atoms with Crippen molar-refractivity contribution in [1.29, 1.82) is 0 Å². The van der Waals surface area contributed by atoms with Crippen molar-refractivity contribution < 1.29 is 0 Å². The molecule has 0 amide bonds. The Bertz CT molecular complexity index is 653. The predicted octanol–water partition coefficient (Wildman–Crippen LogP) is 4.70. The molecule has 0 aliphatic heterocycles. The highest BCUT2D eigenvalue weighted by molar-refractivity contribution is 9.10. The molecule has 20 heavy (non-hydrogen) atoms. The van der Waals surface area contributed by atoms with Crippen LogP contribution < -0.4 is 11.1 Å². The third-order valence-corrected chi connectivity index (χ3v) is 3.96. The third kappa shape index (κ3) is 3.19. The number of nitrogens with two attached hydrogens (primary N) is 1. The fraction of sp³-hybridized carbons (Fsp3) is 0.188. The van der Waals surface area contributed by atoms with Crippen molar-refractivity contribution in [2.24, 2.45) is 5.73 Å². The molecule has 0 spiro atoms. The second-order valence-electron chi connectivity index (χ2n) is 4.64. The van der Waals surface area contributed by atoms with Gasteiger partial charge < -0.3 is 11.1 Å². The van der Waals surface area contributed by atoms with Crippen LogP contribution in [0.2, 0.25) is 0 Å². The highest BCUT2D eigenvalue weighted by atomic mass is 79.9. The first-order valence-electron chi connectivity index (χ1n) is 6.47. The second kappa shape index (κ2) is 6.37. The minimum Gasteiger partial charge on any atom is -0.389 e. The average molecular weight is 349 g/mol. The Balaban J connectivity index is 2.47. The lowest BCUT2D eigenvalue weighted by Crippen LogP contribution is -2.13. The van der Waals surface area contributed by atoms with Gasteiger partial charge >= 0.3 is 0 Å². The summed E-state index contributed by atoms with van der Waals surface area (Å²) in [5.41, 5.74) is 11.1. The quantitative estimate of drug-likeness (QED) is 0.786. The fourth-order valence-electron chi connectivity index (χ4n) is 2.15. The van der Waals surface area contributed by atoms with E-state index in [4.69, 9.17) is 18.0 Å². The molecule has 0 bridgehead atoms. The fourth-order valence-corrected chi connectivity index (χ4v) is 2.73. The predicted molar refractivity (Wildman–Crippen MR) is 93.9 cm³/mol. The van der Waals surface area contributed by atoms with Crippen molar-refractivity contribution in [2.45, 2.75) is 20.3 Å². The number of halogens is 1. The van der Waals surface area contributed by atoms with Gasteiger partial charge in [0.2, 0.25) is 0 Å². The molecular formula is C16H17BrN2S. The second-order valence-corrected chi connectivity index (χ2v) is 6.00. The molecule has 2 aromatic rings. The van der Waals surface area contributed by atoms with Crippen molar-refractivity contribution in [3.05, 3.63) is 57.6 Å². The number of para-hydroxylation sites is 1. The lowest BCUT2D eigenvalue weighted by atomic mass is 10.1. The van der Waals surface area contributed by atoms with Gasteiger partial charge in [-0.2, -0.15) is 0 Å². The number of nitrogens with one attached hydrogen (secondary N) is 1. The van der Waals surface area contributed by atoms with Gasteiger partial charge in [0.1, 0.15) is 4.99 Å². The van der Waals surface area contributed by atoms with Gasteiger partial charge in [0, 0.05) is 15.7 Å². The minimum absolute atomic E-state index is 0.409. The van der Waals surface area contributed by atoms with E-state index >= 15 is 0 Å².